The third-order valence-electron chi connectivity index (χ3n) is 3.80. The van der Waals surface area contributed by atoms with Crippen molar-refractivity contribution in [1.29, 1.82) is 0 Å². The van der Waals surface area contributed by atoms with Gasteiger partial charge in [0.25, 0.3) is 0 Å². The van der Waals surface area contributed by atoms with Crippen molar-refractivity contribution in [2.45, 2.75) is 6.54 Å². The summed E-state index contributed by atoms with van der Waals surface area (Å²) in [5.74, 6) is 2.72. The number of benzene rings is 2. The number of aliphatic imine (C=N–C) groups is 1. The fourth-order valence-electron chi connectivity index (χ4n) is 2.58. The second kappa shape index (κ2) is 8.71. The standard InChI is InChI=1S/C21H23N5O/c1-26(2)20-16(8-7-13-23-20)15-24-21(22)25-17-9-6-12-19(14-17)27-18-10-4-3-5-11-18/h3-14H,15H2,1-2H3,(H3,22,24,25). The van der Waals surface area contributed by atoms with Gasteiger partial charge in [0.2, 0.25) is 0 Å². The van der Waals surface area contributed by atoms with E-state index in [1.165, 1.54) is 0 Å². The summed E-state index contributed by atoms with van der Waals surface area (Å²) in [7, 11) is 3.91. The van der Waals surface area contributed by atoms with E-state index in [0.29, 0.717) is 12.5 Å². The van der Waals surface area contributed by atoms with Crippen molar-refractivity contribution >= 4 is 17.5 Å². The highest BCUT2D eigenvalue weighted by atomic mass is 16.5. The average Bonchev–Trinajstić information content (AvgIpc) is 2.67. The zero-order valence-corrected chi connectivity index (χ0v) is 15.5. The lowest BCUT2D eigenvalue weighted by Crippen LogP contribution is -2.22. The smallest absolute Gasteiger partial charge is 0.193 e. The van der Waals surface area contributed by atoms with Crippen LogP contribution in [0.4, 0.5) is 11.5 Å². The number of hydrogen-bond acceptors (Lipinski definition) is 4. The third-order valence-corrected chi connectivity index (χ3v) is 3.80. The van der Waals surface area contributed by atoms with E-state index in [4.69, 9.17) is 10.5 Å². The fourth-order valence-corrected chi connectivity index (χ4v) is 2.58. The Kier molecular flexibility index (Phi) is 5.89. The largest absolute Gasteiger partial charge is 0.457 e. The predicted octanol–water partition coefficient (Wildman–Crippen LogP) is 3.87. The molecule has 0 aliphatic carbocycles. The van der Waals surface area contributed by atoms with Crippen LogP contribution >= 0.6 is 0 Å². The van der Waals surface area contributed by atoms with Crippen molar-refractivity contribution in [3.63, 3.8) is 0 Å². The maximum absolute atomic E-state index is 6.05. The van der Waals surface area contributed by atoms with Gasteiger partial charge < -0.3 is 20.7 Å². The second-order valence-electron chi connectivity index (χ2n) is 6.15. The highest BCUT2D eigenvalue weighted by molar-refractivity contribution is 5.92. The molecule has 0 radical (unpaired) electrons. The van der Waals surface area contributed by atoms with Crippen LogP contribution in [0.3, 0.4) is 0 Å². The maximum Gasteiger partial charge on any atom is 0.193 e. The molecule has 1 aromatic heterocycles. The van der Waals surface area contributed by atoms with Gasteiger partial charge in [0.1, 0.15) is 17.3 Å². The van der Waals surface area contributed by atoms with Gasteiger partial charge in [0.15, 0.2) is 5.96 Å². The van der Waals surface area contributed by atoms with Crippen molar-refractivity contribution in [3.8, 4) is 11.5 Å². The zero-order valence-electron chi connectivity index (χ0n) is 15.5. The molecule has 6 heteroatoms. The molecule has 1 heterocycles. The van der Waals surface area contributed by atoms with E-state index >= 15 is 0 Å². The van der Waals surface area contributed by atoms with Crippen LogP contribution in [0.1, 0.15) is 5.56 Å². The van der Waals surface area contributed by atoms with Gasteiger partial charge in [-0.2, -0.15) is 0 Å². The Balaban J connectivity index is 1.66. The number of pyridine rings is 1. The van der Waals surface area contributed by atoms with E-state index < -0.39 is 0 Å². The number of rotatable bonds is 6. The summed E-state index contributed by atoms with van der Waals surface area (Å²) in [5, 5.41) is 3.10. The number of guanidine groups is 1. The van der Waals surface area contributed by atoms with Crippen molar-refractivity contribution < 1.29 is 4.74 Å². The normalized spacial score (nSPS) is 11.1. The minimum absolute atomic E-state index is 0.334. The number of anilines is 2. The highest BCUT2D eigenvalue weighted by Gasteiger charge is 2.05. The molecule has 3 rings (SSSR count). The molecular formula is C21H23N5O. The van der Waals surface area contributed by atoms with Crippen molar-refractivity contribution in [3.05, 3.63) is 78.5 Å². The Morgan fingerprint density at radius 1 is 1.04 bits per heavy atom. The van der Waals surface area contributed by atoms with Crippen molar-refractivity contribution in [1.82, 2.24) is 4.98 Å². The predicted molar refractivity (Wildman–Crippen MR) is 110 cm³/mol. The molecule has 0 amide bonds. The van der Waals surface area contributed by atoms with E-state index in [9.17, 15) is 0 Å². The lowest BCUT2D eigenvalue weighted by atomic mass is 10.2. The first kappa shape index (κ1) is 18.3. The lowest BCUT2D eigenvalue weighted by Gasteiger charge is -2.14. The Morgan fingerprint density at radius 3 is 2.59 bits per heavy atom. The molecule has 2 aromatic carbocycles. The van der Waals surface area contributed by atoms with Crippen LogP contribution in [-0.2, 0) is 6.54 Å². The van der Waals surface area contributed by atoms with Gasteiger partial charge in [-0.25, -0.2) is 9.98 Å². The number of hydrogen-bond donors (Lipinski definition) is 2. The maximum atomic E-state index is 6.05. The highest BCUT2D eigenvalue weighted by Crippen LogP contribution is 2.23. The molecule has 0 aliphatic heterocycles. The molecule has 27 heavy (non-hydrogen) atoms. The molecule has 6 nitrogen and oxygen atoms in total. The monoisotopic (exact) mass is 361 g/mol. The number of nitrogens with two attached hydrogens (primary N) is 1. The average molecular weight is 361 g/mol. The number of para-hydroxylation sites is 1. The minimum atomic E-state index is 0.334. The molecule has 138 valence electrons. The van der Waals surface area contributed by atoms with Crippen LogP contribution in [0.15, 0.2) is 77.9 Å². The Bertz CT molecular complexity index is 909. The van der Waals surface area contributed by atoms with E-state index in [2.05, 4.69) is 15.3 Å². The van der Waals surface area contributed by atoms with Crippen molar-refractivity contribution in [2.75, 3.05) is 24.3 Å². The summed E-state index contributed by atoms with van der Waals surface area (Å²) in [6.45, 7) is 0.445. The van der Waals surface area contributed by atoms with Gasteiger partial charge in [-0.3, -0.25) is 0 Å². The van der Waals surface area contributed by atoms with Crippen LogP contribution < -0.4 is 20.7 Å². The third kappa shape index (κ3) is 5.22. The van der Waals surface area contributed by atoms with Gasteiger partial charge >= 0.3 is 0 Å². The first-order valence-corrected chi connectivity index (χ1v) is 8.63. The summed E-state index contributed by atoms with van der Waals surface area (Å²) in [4.78, 5) is 10.7. The molecule has 0 saturated heterocycles. The topological polar surface area (TPSA) is 75.8 Å². The van der Waals surface area contributed by atoms with E-state index in [0.717, 1.165) is 28.6 Å². The van der Waals surface area contributed by atoms with Crippen LogP contribution in [0, 0.1) is 0 Å². The Labute approximate surface area is 159 Å². The van der Waals surface area contributed by atoms with Crippen LogP contribution in [-0.4, -0.2) is 25.0 Å². The van der Waals surface area contributed by atoms with Gasteiger partial charge in [-0.05, 0) is 30.3 Å². The number of aromatic nitrogens is 1. The molecule has 0 saturated carbocycles. The van der Waals surface area contributed by atoms with Gasteiger partial charge in [0, 0.05) is 37.6 Å². The van der Waals surface area contributed by atoms with E-state index in [-0.39, 0.29) is 0 Å². The first-order chi connectivity index (χ1) is 13.1. The summed E-state index contributed by atoms with van der Waals surface area (Å²) in [5.41, 5.74) is 7.86. The summed E-state index contributed by atoms with van der Waals surface area (Å²) >= 11 is 0. The summed E-state index contributed by atoms with van der Waals surface area (Å²) < 4.78 is 5.84. The molecule has 0 bridgehead atoms. The second-order valence-corrected chi connectivity index (χ2v) is 6.15. The fraction of sp³-hybridized carbons (Fsp3) is 0.143. The first-order valence-electron chi connectivity index (χ1n) is 8.63. The molecule has 3 aromatic rings. The van der Waals surface area contributed by atoms with Crippen LogP contribution in [0.2, 0.25) is 0 Å². The SMILES string of the molecule is CN(C)c1ncccc1CN=C(N)Nc1cccc(Oc2ccccc2)c1. The van der Waals surface area contributed by atoms with E-state index in [1.54, 1.807) is 6.20 Å². The molecular weight excluding hydrogens is 338 g/mol. The molecule has 0 atom stereocenters. The van der Waals surface area contributed by atoms with Crippen LogP contribution in [0.5, 0.6) is 11.5 Å². The van der Waals surface area contributed by atoms with E-state index in [1.807, 2.05) is 85.7 Å². The Hall–Kier alpha value is -3.54. The van der Waals surface area contributed by atoms with Crippen LogP contribution in [0.25, 0.3) is 0 Å². The zero-order chi connectivity index (χ0) is 19.1. The molecule has 3 N–H and O–H groups in total. The quantitative estimate of drug-likeness (QED) is 0.515. The Morgan fingerprint density at radius 2 is 1.81 bits per heavy atom. The molecule has 0 fully saturated rings. The van der Waals surface area contributed by atoms with Gasteiger partial charge in [0.05, 0.1) is 6.54 Å². The molecule has 0 spiro atoms. The molecule has 0 unspecified atom stereocenters. The minimum Gasteiger partial charge on any atom is -0.457 e. The lowest BCUT2D eigenvalue weighted by molar-refractivity contribution is 0.483. The van der Waals surface area contributed by atoms with Gasteiger partial charge in [-0.1, -0.05) is 30.3 Å². The summed E-state index contributed by atoms with van der Waals surface area (Å²) in [6.07, 6.45) is 1.77. The van der Waals surface area contributed by atoms with Crippen molar-refractivity contribution in [2.24, 2.45) is 10.7 Å². The summed E-state index contributed by atoms with van der Waals surface area (Å²) in [6, 6.07) is 21.1. The molecule has 0 aliphatic rings. The number of nitrogens with one attached hydrogen (secondary N) is 1. The van der Waals surface area contributed by atoms with Gasteiger partial charge in [-0.15, -0.1) is 0 Å². The number of nitrogens with zero attached hydrogens (tertiary/aromatic N) is 3. The number of ether oxygens (including phenoxy) is 1.